The largest absolute Gasteiger partial charge is 0.352 e. The fourth-order valence-electron chi connectivity index (χ4n) is 3.22. The predicted octanol–water partition coefficient (Wildman–Crippen LogP) is 1.50. The summed E-state index contributed by atoms with van der Waals surface area (Å²) in [5.74, 6) is -0.150. The molecule has 2 amide bonds. The van der Waals surface area contributed by atoms with Gasteiger partial charge in [0, 0.05) is 50.0 Å². The number of nitrogens with one attached hydrogen (secondary N) is 3. The summed E-state index contributed by atoms with van der Waals surface area (Å²) in [4.78, 5) is 24.6. The van der Waals surface area contributed by atoms with Gasteiger partial charge in [-0.1, -0.05) is 6.92 Å². The monoisotopic (exact) mass is 355 g/mol. The van der Waals surface area contributed by atoms with E-state index in [-0.39, 0.29) is 23.7 Å². The fraction of sp³-hybridized carbons (Fsp3) is 0.421. The number of nitrogens with zero attached hydrogens (tertiary/aromatic N) is 2. The van der Waals surface area contributed by atoms with Crippen LogP contribution in [0.4, 0.5) is 5.69 Å². The summed E-state index contributed by atoms with van der Waals surface area (Å²) in [7, 11) is 1.87. The van der Waals surface area contributed by atoms with Gasteiger partial charge in [0.05, 0.1) is 12.1 Å². The average molecular weight is 355 g/mol. The van der Waals surface area contributed by atoms with Crippen molar-refractivity contribution in [3.63, 3.8) is 0 Å². The zero-order valence-electron chi connectivity index (χ0n) is 15.2. The van der Waals surface area contributed by atoms with E-state index in [1.54, 1.807) is 28.9 Å². The summed E-state index contributed by atoms with van der Waals surface area (Å²) in [6.45, 7) is 4.07. The van der Waals surface area contributed by atoms with Gasteiger partial charge in [0.1, 0.15) is 0 Å². The predicted molar refractivity (Wildman–Crippen MR) is 100 cm³/mol. The Kier molecular flexibility index (Phi) is 5.68. The molecule has 0 radical (unpaired) electrons. The van der Waals surface area contributed by atoms with Gasteiger partial charge in [-0.25, -0.2) is 0 Å². The van der Waals surface area contributed by atoms with Crippen molar-refractivity contribution in [2.45, 2.75) is 19.3 Å². The SMILES string of the molecule is CCCNC(=O)c1ccc(NC(=O)[C@H]2CNC[C@@H]2c2cnn(C)c2)cc1. The third kappa shape index (κ3) is 4.11. The van der Waals surface area contributed by atoms with E-state index in [0.717, 1.165) is 18.5 Å². The number of aryl methyl sites for hydroxylation is 1. The van der Waals surface area contributed by atoms with Gasteiger partial charge in [-0.3, -0.25) is 14.3 Å². The van der Waals surface area contributed by atoms with Crippen LogP contribution < -0.4 is 16.0 Å². The highest BCUT2D eigenvalue weighted by Crippen LogP contribution is 2.28. The summed E-state index contributed by atoms with van der Waals surface area (Å²) >= 11 is 0. The van der Waals surface area contributed by atoms with Gasteiger partial charge < -0.3 is 16.0 Å². The minimum Gasteiger partial charge on any atom is -0.352 e. The molecule has 0 bridgehead atoms. The van der Waals surface area contributed by atoms with E-state index >= 15 is 0 Å². The lowest BCUT2D eigenvalue weighted by Crippen LogP contribution is -2.28. The molecule has 138 valence electrons. The van der Waals surface area contributed by atoms with Crippen molar-refractivity contribution in [3.05, 3.63) is 47.8 Å². The average Bonchev–Trinajstić information content (AvgIpc) is 3.29. The molecule has 0 saturated carbocycles. The van der Waals surface area contributed by atoms with E-state index in [4.69, 9.17) is 0 Å². The van der Waals surface area contributed by atoms with Gasteiger partial charge >= 0.3 is 0 Å². The Labute approximate surface area is 153 Å². The van der Waals surface area contributed by atoms with Crippen LogP contribution in [0.1, 0.15) is 35.2 Å². The quantitative estimate of drug-likeness (QED) is 0.733. The van der Waals surface area contributed by atoms with Crippen molar-refractivity contribution in [2.75, 3.05) is 25.0 Å². The first-order chi connectivity index (χ1) is 12.6. The lowest BCUT2D eigenvalue weighted by atomic mass is 9.90. The Bertz CT molecular complexity index is 768. The number of hydrogen-bond acceptors (Lipinski definition) is 4. The van der Waals surface area contributed by atoms with Gasteiger partial charge in [-0.15, -0.1) is 0 Å². The zero-order chi connectivity index (χ0) is 18.5. The van der Waals surface area contributed by atoms with Crippen LogP contribution in [0, 0.1) is 5.92 Å². The van der Waals surface area contributed by atoms with Crippen LogP contribution in [0.5, 0.6) is 0 Å². The van der Waals surface area contributed by atoms with E-state index < -0.39 is 0 Å². The first kappa shape index (κ1) is 18.1. The molecule has 0 aliphatic carbocycles. The Morgan fingerprint density at radius 3 is 2.69 bits per heavy atom. The molecular formula is C19H25N5O2. The summed E-state index contributed by atoms with van der Waals surface area (Å²) in [5, 5.41) is 13.3. The maximum atomic E-state index is 12.7. The number of hydrogen-bond donors (Lipinski definition) is 3. The molecule has 3 rings (SSSR count). The van der Waals surface area contributed by atoms with Crippen molar-refractivity contribution in [1.82, 2.24) is 20.4 Å². The van der Waals surface area contributed by atoms with Gasteiger partial charge in [0.25, 0.3) is 5.91 Å². The highest BCUT2D eigenvalue weighted by Gasteiger charge is 2.34. The number of rotatable bonds is 6. The molecule has 2 atom stereocenters. The molecule has 2 aromatic rings. The summed E-state index contributed by atoms with van der Waals surface area (Å²) in [6, 6.07) is 6.98. The molecule has 1 aromatic carbocycles. The van der Waals surface area contributed by atoms with Crippen LogP contribution in [0.2, 0.25) is 0 Å². The molecule has 1 aliphatic heterocycles. The molecule has 1 fully saturated rings. The van der Waals surface area contributed by atoms with E-state index in [0.29, 0.717) is 24.3 Å². The summed E-state index contributed by atoms with van der Waals surface area (Å²) in [5.41, 5.74) is 2.35. The smallest absolute Gasteiger partial charge is 0.251 e. The third-order valence-electron chi connectivity index (χ3n) is 4.65. The Morgan fingerprint density at radius 2 is 2.04 bits per heavy atom. The van der Waals surface area contributed by atoms with Crippen LogP contribution in [0.25, 0.3) is 0 Å². The highest BCUT2D eigenvalue weighted by atomic mass is 16.2. The minimum atomic E-state index is -0.147. The standard InChI is InChI=1S/C19H25N5O2/c1-3-8-21-18(25)13-4-6-15(7-5-13)23-19(26)17-11-20-10-16(17)14-9-22-24(2)12-14/h4-7,9,12,16-17,20H,3,8,10-11H2,1-2H3,(H,21,25)(H,23,26)/t16-,17+/m1/s1. The van der Waals surface area contributed by atoms with Crippen LogP contribution in [0.15, 0.2) is 36.7 Å². The topological polar surface area (TPSA) is 88.1 Å². The second-order valence-corrected chi connectivity index (χ2v) is 6.64. The number of aromatic nitrogens is 2. The zero-order valence-corrected chi connectivity index (χ0v) is 15.2. The first-order valence-electron chi connectivity index (χ1n) is 8.97. The van der Waals surface area contributed by atoms with Crippen LogP contribution in [-0.2, 0) is 11.8 Å². The van der Waals surface area contributed by atoms with E-state index in [1.165, 1.54) is 0 Å². The number of carbonyl (C=O) groups is 2. The molecule has 0 unspecified atom stereocenters. The van der Waals surface area contributed by atoms with Crippen molar-refractivity contribution in [2.24, 2.45) is 13.0 Å². The summed E-state index contributed by atoms with van der Waals surface area (Å²) < 4.78 is 1.75. The number of amides is 2. The van der Waals surface area contributed by atoms with Gasteiger partial charge in [0.2, 0.25) is 5.91 Å². The normalized spacial score (nSPS) is 19.3. The minimum absolute atomic E-state index is 0.0213. The number of anilines is 1. The van der Waals surface area contributed by atoms with E-state index in [2.05, 4.69) is 21.0 Å². The second-order valence-electron chi connectivity index (χ2n) is 6.64. The van der Waals surface area contributed by atoms with E-state index in [1.807, 2.05) is 26.4 Å². The second kappa shape index (κ2) is 8.14. The van der Waals surface area contributed by atoms with Crippen molar-refractivity contribution >= 4 is 17.5 Å². The maximum absolute atomic E-state index is 12.7. The highest BCUT2D eigenvalue weighted by molar-refractivity contribution is 5.96. The number of carbonyl (C=O) groups excluding carboxylic acids is 2. The molecular weight excluding hydrogens is 330 g/mol. The maximum Gasteiger partial charge on any atom is 0.251 e. The van der Waals surface area contributed by atoms with Gasteiger partial charge in [-0.2, -0.15) is 5.10 Å². The first-order valence-corrected chi connectivity index (χ1v) is 8.97. The Hall–Kier alpha value is -2.67. The van der Waals surface area contributed by atoms with Crippen molar-refractivity contribution in [3.8, 4) is 0 Å². The van der Waals surface area contributed by atoms with Gasteiger partial charge in [0.15, 0.2) is 0 Å². The molecule has 1 aromatic heterocycles. The lowest BCUT2D eigenvalue weighted by molar-refractivity contribution is -0.119. The molecule has 26 heavy (non-hydrogen) atoms. The van der Waals surface area contributed by atoms with Crippen molar-refractivity contribution < 1.29 is 9.59 Å². The molecule has 7 nitrogen and oxygen atoms in total. The molecule has 1 saturated heterocycles. The fourth-order valence-corrected chi connectivity index (χ4v) is 3.22. The van der Waals surface area contributed by atoms with E-state index in [9.17, 15) is 9.59 Å². The van der Waals surface area contributed by atoms with Gasteiger partial charge in [-0.05, 0) is 36.2 Å². The molecule has 1 aliphatic rings. The van der Waals surface area contributed by atoms with Crippen LogP contribution in [0.3, 0.4) is 0 Å². The molecule has 3 N–H and O–H groups in total. The van der Waals surface area contributed by atoms with Crippen LogP contribution >= 0.6 is 0 Å². The molecule has 7 heteroatoms. The summed E-state index contributed by atoms with van der Waals surface area (Å²) in [6.07, 6.45) is 4.68. The van der Waals surface area contributed by atoms with Crippen LogP contribution in [-0.4, -0.2) is 41.2 Å². The Morgan fingerprint density at radius 1 is 1.27 bits per heavy atom. The molecule has 0 spiro atoms. The number of benzene rings is 1. The Balaban J connectivity index is 1.63. The molecule has 2 heterocycles. The van der Waals surface area contributed by atoms with Crippen molar-refractivity contribution in [1.29, 1.82) is 0 Å². The third-order valence-corrected chi connectivity index (χ3v) is 4.65. The lowest BCUT2D eigenvalue weighted by Gasteiger charge is -2.17.